The summed E-state index contributed by atoms with van der Waals surface area (Å²) in [5, 5.41) is 17.7. The normalized spacial score (nSPS) is 13.3. The van der Waals surface area contributed by atoms with Crippen molar-refractivity contribution in [3.63, 3.8) is 0 Å². The van der Waals surface area contributed by atoms with Gasteiger partial charge in [0.2, 0.25) is 0 Å². The van der Waals surface area contributed by atoms with Crippen molar-refractivity contribution in [2.75, 3.05) is 13.1 Å². The van der Waals surface area contributed by atoms with Gasteiger partial charge in [-0.05, 0) is 37.1 Å². The van der Waals surface area contributed by atoms with Crippen molar-refractivity contribution in [1.82, 2.24) is 26.0 Å². The van der Waals surface area contributed by atoms with Gasteiger partial charge in [0, 0.05) is 19.1 Å². The molecule has 0 bridgehead atoms. The molecule has 1 aromatic heterocycles. The maximum Gasteiger partial charge on any atom is 0.113 e. The molecular weight excluding hydrogens is 238 g/mol. The highest BCUT2D eigenvalue weighted by Crippen LogP contribution is 2.10. The summed E-state index contributed by atoms with van der Waals surface area (Å²) in [6, 6.07) is 6.61. The smallest absolute Gasteiger partial charge is 0.113 e. The summed E-state index contributed by atoms with van der Waals surface area (Å²) in [6.45, 7) is 9.55. The SMILES string of the molecule is CC(C)CNCC(C)NCc1ccc2n[nH]nc2c1. The average Bonchev–Trinajstić information content (AvgIpc) is 2.83. The summed E-state index contributed by atoms with van der Waals surface area (Å²) in [7, 11) is 0. The van der Waals surface area contributed by atoms with Crippen molar-refractivity contribution < 1.29 is 0 Å². The third kappa shape index (κ3) is 4.29. The van der Waals surface area contributed by atoms with E-state index in [1.165, 1.54) is 5.56 Å². The van der Waals surface area contributed by atoms with Crippen LogP contribution in [0.3, 0.4) is 0 Å². The van der Waals surface area contributed by atoms with E-state index < -0.39 is 0 Å². The van der Waals surface area contributed by atoms with Crippen LogP contribution in [-0.4, -0.2) is 34.5 Å². The van der Waals surface area contributed by atoms with Crippen LogP contribution in [0, 0.1) is 5.92 Å². The minimum atomic E-state index is 0.451. The lowest BCUT2D eigenvalue weighted by Gasteiger charge is -2.15. The number of benzene rings is 1. The van der Waals surface area contributed by atoms with Crippen molar-refractivity contribution >= 4 is 11.0 Å². The molecule has 2 aromatic rings. The number of aromatic amines is 1. The van der Waals surface area contributed by atoms with E-state index in [0.29, 0.717) is 12.0 Å². The lowest BCUT2D eigenvalue weighted by atomic mass is 10.2. The number of nitrogens with one attached hydrogen (secondary N) is 3. The Morgan fingerprint density at radius 3 is 2.68 bits per heavy atom. The van der Waals surface area contributed by atoms with Crippen molar-refractivity contribution in [2.24, 2.45) is 5.92 Å². The summed E-state index contributed by atoms with van der Waals surface area (Å²) in [5.41, 5.74) is 3.07. The Bertz CT molecular complexity index is 505. The van der Waals surface area contributed by atoms with Crippen LogP contribution in [0.2, 0.25) is 0 Å². The molecule has 0 amide bonds. The second-order valence-corrected chi connectivity index (χ2v) is 5.48. The summed E-state index contributed by atoms with van der Waals surface area (Å²) in [4.78, 5) is 0. The number of H-pyrrole nitrogens is 1. The molecule has 0 spiro atoms. The van der Waals surface area contributed by atoms with Gasteiger partial charge in [-0.1, -0.05) is 19.9 Å². The van der Waals surface area contributed by atoms with Gasteiger partial charge in [0.15, 0.2) is 0 Å². The summed E-state index contributed by atoms with van der Waals surface area (Å²) in [6.07, 6.45) is 0. The minimum Gasteiger partial charge on any atom is -0.315 e. The fourth-order valence-corrected chi connectivity index (χ4v) is 1.95. The Kier molecular flexibility index (Phi) is 4.87. The van der Waals surface area contributed by atoms with Crippen LogP contribution in [-0.2, 0) is 6.54 Å². The van der Waals surface area contributed by atoms with Gasteiger partial charge in [-0.25, -0.2) is 0 Å². The highest BCUT2D eigenvalue weighted by molar-refractivity contribution is 5.74. The lowest BCUT2D eigenvalue weighted by Crippen LogP contribution is -2.37. The topological polar surface area (TPSA) is 65.6 Å². The van der Waals surface area contributed by atoms with Crippen LogP contribution in [0.25, 0.3) is 11.0 Å². The van der Waals surface area contributed by atoms with Crippen LogP contribution in [0.5, 0.6) is 0 Å². The monoisotopic (exact) mass is 261 g/mol. The molecule has 1 atom stereocenters. The van der Waals surface area contributed by atoms with Gasteiger partial charge in [0.25, 0.3) is 0 Å². The molecule has 104 valence electrons. The zero-order chi connectivity index (χ0) is 13.7. The zero-order valence-corrected chi connectivity index (χ0v) is 11.9. The molecular formula is C14H23N5. The number of hydrogen-bond donors (Lipinski definition) is 3. The first kappa shape index (κ1) is 14.0. The van der Waals surface area contributed by atoms with Gasteiger partial charge >= 0.3 is 0 Å². The Hall–Kier alpha value is -1.46. The molecule has 0 saturated heterocycles. The zero-order valence-electron chi connectivity index (χ0n) is 11.9. The van der Waals surface area contributed by atoms with Gasteiger partial charge in [-0.15, -0.1) is 0 Å². The van der Waals surface area contributed by atoms with E-state index in [-0.39, 0.29) is 0 Å². The minimum absolute atomic E-state index is 0.451. The molecule has 0 aliphatic heterocycles. The molecule has 2 rings (SSSR count). The third-order valence-corrected chi connectivity index (χ3v) is 3.04. The second-order valence-electron chi connectivity index (χ2n) is 5.48. The van der Waals surface area contributed by atoms with Crippen LogP contribution >= 0.6 is 0 Å². The first-order valence-electron chi connectivity index (χ1n) is 6.88. The maximum absolute atomic E-state index is 4.10. The van der Waals surface area contributed by atoms with Crippen molar-refractivity contribution in [2.45, 2.75) is 33.4 Å². The van der Waals surface area contributed by atoms with Crippen molar-refractivity contribution in [1.29, 1.82) is 0 Å². The molecule has 0 aliphatic carbocycles. The summed E-state index contributed by atoms with van der Waals surface area (Å²) in [5.74, 6) is 0.696. The predicted octanol–water partition coefficient (Wildman–Crippen LogP) is 1.68. The maximum atomic E-state index is 4.10. The molecule has 1 heterocycles. The van der Waals surface area contributed by atoms with Gasteiger partial charge in [-0.2, -0.15) is 15.4 Å². The standard InChI is InChI=1S/C14H23N5/c1-10(2)7-15-8-11(3)16-9-12-4-5-13-14(6-12)18-19-17-13/h4-6,10-11,15-16H,7-9H2,1-3H3,(H,17,18,19). The first-order chi connectivity index (χ1) is 9.15. The van der Waals surface area contributed by atoms with Crippen LogP contribution in [0.1, 0.15) is 26.3 Å². The largest absolute Gasteiger partial charge is 0.315 e. The number of fused-ring (bicyclic) bond motifs is 1. The van der Waals surface area contributed by atoms with E-state index in [2.05, 4.69) is 58.9 Å². The average molecular weight is 261 g/mol. The molecule has 0 fully saturated rings. The number of hydrogen-bond acceptors (Lipinski definition) is 4. The van der Waals surface area contributed by atoms with E-state index >= 15 is 0 Å². The Balaban J connectivity index is 1.77. The summed E-state index contributed by atoms with van der Waals surface area (Å²) < 4.78 is 0. The number of nitrogens with zero attached hydrogens (tertiary/aromatic N) is 2. The van der Waals surface area contributed by atoms with Crippen molar-refractivity contribution in [3.05, 3.63) is 23.8 Å². The third-order valence-electron chi connectivity index (χ3n) is 3.04. The Morgan fingerprint density at radius 1 is 1.11 bits per heavy atom. The molecule has 1 aromatic carbocycles. The van der Waals surface area contributed by atoms with E-state index in [1.54, 1.807) is 0 Å². The Morgan fingerprint density at radius 2 is 1.89 bits per heavy atom. The fraction of sp³-hybridized carbons (Fsp3) is 0.571. The lowest BCUT2D eigenvalue weighted by molar-refractivity contribution is 0.472. The fourth-order valence-electron chi connectivity index (χ4n) is 1.95. The van der Waals surface area contributed by atoms with E-state index in [1.807, 2.05) is 6.07 Å². The van der Waals surface area contributed by atoms with Crippen molar-refractivity contribution in [3.8, 4) is 0 Å². The second kappa shape index (κ2) is 6.63. The molecule has 5 heteroatoms. The molecule has 5 nitrogen and oxygen atoms in total. The van der Waals surface area contributed by atoms with Crippen LogP contribution in [0.4, 0.5) is 0 Å². The highest BCUT2D eigenvalue weighted by Gasteiger charge is 2.03. The van der Waals surface area contributed by atoms with E-state index in [9.17, 15) is 0 Å². The molecule has 1 unspecified atom stereocenters. The first-order valence-corrected chi connectivity index (χ1v) is 6.88. The van der Waals surface area contributed by atoms with Crippen LogP contribution < -0.4 is 10.6 Å². The van der Waals surface area contributed by atoms with E-state index in [0.717, 1.165) is 30.7 Å². The quantitative estimate of drug-likeness (QED) is 0.709. The van der Waals surface area contributed by atoms with E-state index in [4.69, 9.17) is 0 Å². The number of aromatic nitrogens is 3. The van der Waals surface area contributed by atoms with Gasteiger partial charge in [0.1, 0.15) is 11.0 Å². The molecule has 0 saturated carbocycles. The van der Waals surface area contributed by atoms with Crippen LogP contribution in [0.15, 0.2) is 18.2 Å². The Labute approximate surface area is 114 Å². The molecule has 0 radical (unpaired) electrons. The number of rotatable bonds is 7. The molecule has 0 aliphatic rings. The summed E-state index contributed by atoms with van der Waals surface area (Å²) >= 11 is 0. The predicted molar refractivity (Wildman–Crippen MR) is 77.9 cm³/mol. The highest BCUT2D eigenvalue weighted by atomic mass is 15.3. The van der Waals surface area contributed by atoms with Gasteiger partial charge < -0.3 is 10.6 Å². The molecule has 19 heavy (non-hydrogen) atoms. The molecule has 3 N–H and O–H groups in total. The van der Waals surface area contributed by atoms with Gasteiger partial charge in [-0.3, -0.25) is 0 Å². The van der Waals surface area contributed by atoms with Gasteiger partial charge in [0.05, 0.1) is 0 Å².